The zero-order chi connectivity index (χ0) is 17.1. The van der Waals surface area contributed by atoms with Gasteiger partial charge in [0.05, 0.1) is 11.1 Å². The van der Waals surface area contributed by atoms with E-state index in [0.29, 0.717) is 18.1 Å². The van der Waals surface area contributed by atoms with Gasteiger partial charge < -0.3 is 9.73 Å². The van der Waals surface area contributed by atoms with Gasteiger partial charge in [-0.3, -0.25) is 14.9 Å². The van der Waals surface area contributed by atoms with E-state index in [-0.39, 0.29) is 11.3 Å². The van der Waals surface area contributed by atoms with Crippen LogP contribution in [0.25, 0.3) is 0 Å². The summed E-state index contributed by atoms with van der Waals surface area (Å²) in [5.74, 6) is 1.53. The number of benzene rings is 1. The SMILES string of the molecule is Cc1ccc(Cn2nccc2NC(=O)c2cccc([N+](=O)[O-])c2)o1. The summed E-state index contributed by atoms with van der Waals surface area (Å²) in [6.07, 6.45) is 1.55. The van der Waals surface area contributed by atoms with Gasteiger partial charge >= 0.3 is 0 Å². The molecule has 0 aliphatic heterocycles. The fourth-order valence-electron chi connectivity index (χ4n) is 2.23. The Kier molecular flexibility index (Phi) is 4.11. The zero-order valence-electron chi connectivity index (χ0n) is 12.8. The molecular weight excluding hydrogens is 312 g/mol. The number of carbonyl (C=O) groups excluding carboxylic acids is 1. The number of furan rings is 1. The van der Waals surface area contributed by atoms with Crippen LogP contribution in [0.15, 0.2) is 53.1 Å². The summed E-state index contributed by atoms with van der Waals surface area (Å²) >= 11 is 0. The van der Waals surface area contributed by atoms with Crippen LogP contribution in [0, 0.1) is 17.0 Å². The number of aromatic nitrogens is 2. The molecule has 0 saturated heterocycles. The number of aryl methyl sites for hydroxylation is 1. The van der Waals surface area contributed by atoms with Crippen LogP contribution in [0.4, 0.5) is 11.5 Å². The van der Waals surface area contributed by atoms with Gasteiger partial charge in [0.25, 0.3) is 11.6 Å². The van der Waals surface area contributed by atoms with Crippen LogP contribution in [-0.4, -0.2) is 20.6 Å². The van der Waals surface area contributed by atoms with E-state index in [9.17, 15) is 14.9 Å². The van der Waals surface area contributed by atoms with Crippen LogP contribution >= 0.6 is 0 Å². The van der Waals surface area contributed by atoms with Gasteiger partial charge in [0.1, 0.15) is 23.9 Å². The molecule has 1 N–H and O–H groups in total. The van der Waals surface area contributed by atoms with Crippen molar-refractivity contribution in [1.82, 2.24) is 9.78 Å². The van der Waals surface area contributed by atoms with E-state index in [1.54, 1.807) is 16.9 Å². The predicted molar refractivity (Wildman–Crippen MR) is 85.8 cm³/mol. The van der Waals surface area contributed by atoms with Crippen molar-refractivity contribution in [3.8, 4) is 0 Å². The zero-order valence-corrected chi connectivity index (χ0v) is 12.8. The van der Waals surface area contributed by atoms with Gasteiger partial charge in [-0.05, 0) is 25.1 Å². The number of hydrogen-bond donors (Lipinski definition) is 1. The molecule has 24 heavy (non-hydrogen) atoms. The molecule has 1 aromatic carbocycles. The number of nitrogens with zero attached hydrogens (tertiary/aromatic N) is 3. The maximum absolute atomic E-state index is 12.3. The molecule has 0 bridgehead atoms. The molecule has 0 spiro atoms. The number of carbonyl (C=O) groups is 1. The molecule has 8 heteroatoms. The van der Waals surface area contributed by atoms with Crippen molar-refractivity contribution >= 4 is 17.4 Å². The Hall–Kier alpha value is -3.42. The maximum Gasteiger partial charge on any atom is 0.270 e. The van der Waals surface area contributed by atoms with E-state index in [2.05, 4.69) is 10.4 Å². The first kappa shape index (κ1) is 15.5. The number of non-ortho nitro benzene ring substituents is 1. The quantitative estimate of drug-likeness (QED) is 0.573. The molecule has 2 aromatic heterocycles. The summed E-state index contributed by atoms with van der Waals surface area (Å²) in [6, 6.07) is 10.9. The molecule has 0 unspecified atom stereocenters. The third-order valence-corrected chi connectivity index (χ3v) is 3.38. The van der Waals surface area contributed by atoms with Crippen LogP contribution < -0.4 is 5.32 Å². The smallest absolute Gasteiger partial charge is 0.270 e. The van der Waals surface area contributed by atoms with E-state index in [0.717, 1.165) is 5.76 Å². The molecule has 3 rings (SSSR count). The Balaban J connectivity index is 1.77. The molecule has 0 radical (unpaired) electrons. The van der Waals surface area contributed by atoms with Gasteiger partial charge in [-0.2, -0.15) is 5.10 Å². The summed E-state index contributed by atoms with van der Waals surface area (Å²) in [4.78, 5) is 22.6. The van der Waals surface area contributed by atoms with E-state index in [1.807, 2.05) is 19.1 Å². The highest BCUT2D eigenvalue weighted by Crippen LogP contribution is 2.16. The molecule has 122 valence electrons. The van der Waals surface area contributed by atoms with Crippen molar-refractivity contribution in [2.24, 2.45) is 0 Å². The van der Waals surface area contributed by atoms with Gasteiger partial charge in [0, 0.05) is 23.8 Å². The van der Waals surface area contributed by atoms with Crippen molar-refractivity contribution in [2.45, 2.75) is 13.5 Å². The molecule has 0 fully saturated rings. The summed E-state index contributed by atoms with van der Waals surface area (Å²) in [5, 5.41) is 17.6. The topological polar surface area (TPSA) is 103 Å². The fraction of sp³-hybridized carbons (Fsp3) is 0.125. The molecule has 0 aliphatic carbocycles. The fourth-order valence-corrected chi connectivity index (χ4v) is 2.23. The molecule has 0 aliphatic rings. The normalized spacial score (nSPS) is 10.5. The van der Waals surface area contributed by atoms with Gasteiger partial charge in [0.15, 0.2) is 0 Å². The Labute approximate surface area is 136 Å². The summed E-state index contributed by atoms with van der Waals surface area (Å²) in [7, 11) is 0. The van der Waals surface area contributed by atoms with Gasteiger partial charge in [-0.25, -0.2) is 4.68 Å². The highest BCUT2D eigenvalue weighted by atomic mass is 16.6. The summed E-state index contributed by atoms with van der Waals surface area (Å²) in [6.45, 7) is 2.21. The van der Waals surface area contributed by atoms with Crippen molar-refractivity contribution in [3.63, 3.8) is 0 Å². The second kappa shape index (κ2) is 6.37. The third kappa shape index (κ3) is 3.32. The van der Waals surface area contributed by atoms with Gasteiger partial charge in [-0.1, -0.05) is 6.07 Å². The minimum atomic E-state index is -0.541. The van der Waals surface area contributed by atoms with E-state index in [4.69, 9.17) is 4.42 Å². The molecule has 0 saturated carbocycles. The first-order valence-corrected chi connectivity index (χ1v) is 7.16. The number of nitro benzene ring substituents is 1. The van der Waals surface area contributed by atoms with Crippen LogP contribution in [0.2, 0.25) is 0 Å². The number of nitro groups is 1. The Morgan fingerprint density at radius 1 is 1.33 bits per heavy atom. The Bertz CT molecular complexity index is 897. The highest BCUT2D eigenvalue weighted by molar-refractivity contribution is 6.04. The lowest BCUT2D eigenvalue weighted by Gasteiger charge is -2.08. The first-order valence-electron chi connectivity index (χ1n) is 7.16. The van der Waals surface area contributed by atoms with Crippen molar-refractivity contribution < 1.29 is 14.1 Å². The molecule has 3 aromatic rings. The van der Waals surface area contributed by atoms with E-state index < -0.39 is 10.8 Å². The second-order valence-electron chi connectivity index (χ2n) is 5.15. The van der Waals surface area contributed by atoms with Crippen LogP contribution in [0.3, 0.4) is 0 Å². The lowest BCUT2D eigenvalue weighted by atomic mass is 10.2. The number of hydrogen-bond acceptors (Lipinski definition) is 5. The largest absolute Gasteiger partial charge is 0.464 e. The van der Waals surface area contributed by atoms with Crippen molar-refractivity contribution in [2.75, 3.05) is 5.32 Å². The van der Waals surface area contributed by atoms with Crippen molar-refractivity contribution in [3.05, 3.63) is 75.9 Å². The second-order valence-corrected chi connectivity index (χ2v) is 5.15. The lowest BCUT2D eigenvalue weighted by molar-refractivity contribution is -0.384. The molecular formula is C16H14N4O4. The Morgan fingerprint density at radius 2 is 2.17 bits per heavy atom. The molecule has 8 nitrogen and oxygen atoms in total. The standard InChI is InChI=1S/C16H14N4O4/c1-11-5-6-14(24-11)10-19-15(7-8-17-19)18-16(21)12-3-2-4-13(9-12)20(22)23/h2-9H,10H2,1H3,(H,18,21). The Morgan fingerprint density at radius 3 is 2.88 bits per heavy atom. The first-order chi connectivity index (χ1) is 11.5. The van der Waals surface area contributed by atoms with Crippen molar-refractivity contribution in [1.29, 1.82) is 0 Å². The molecule has 1 amide bonds. The average Bonchev–Trinajstić information content (AvgIpc) is 3.17. The van der Waals surface area contributed by atoms with Gasteiger partial charge in [0.2, 0.25) is 0 Å². The molecule has 0 atom stereocenters. The monoisotopic (exact) mass is 326 g/mol. The van der Waals surface area contributed by atoms with Crippen LogP contribution in [0.1, 0.15) is 21.9 Å². The average molecular weight is 326 g/mol. The van der Waals surface area contributed by atoms with E-state index in [1.165, 1.54) is 24.3 Å². The highest BCUT2D eigenvalue weighted by Gasteiger charge is 2.14. The minimum absolute atomic E-state index is 0.137. The number of anilines is 1. The summed E-state index contributed by atoms with van der Waals surface area (Å²) in [5.41, 5.74) is 0.0630. The molecule has 2 heterocycles. The minimum Gasteiger partial charge on any atom is -0.464 e. The predicted octanol–water partition coefficient (Wildman–Crippen LogP) is 2.99. The van der Waals surface area contributed by atoms with E-state index >= 15 is 0 Å². The van der Waals surface area contributed by atoms with Gasteiger partial charge in [-0.15, -0.1) is 0 Å². The third-order valence-electron chi connectivity index (χ3n) is 3.38. The number of rotatable bonds is 5. The number of nitrogens with one attached hydrogen (secondary N) is 1. The lowest BCUT2D eigenvalue weighted by Crippen LogP contribution is -2.16. The van der Waals surface area contributed by atoms with Crippen LogP contribution in [-0.2, 0) is 6.54 Å². The maximum atomic E-state index is 12.3. The van der Waals surface area contributed by atoms with Crippen LogP contribution in [0.5, 0.6) is 0 Å². The number of amides is 1. The summed E-state index contributed by atoms with van der Waals surface area (Å²) < 4.78 is 7.07.